The second kappa shape index (κ2) is 7.24. The van der Waals surface area contributed by atoms with E-state index in [1.165, 1.54) is 12.4 Å². The Morgan fingerprint density at radius 3 is 2.71 bits per heavy atom. The molecule has 0 aliphatic carbocycles. The third-order valence-electron chi connectivity index (χ3n) is 5.61. The summed E-state index contributed by atoms with van der Waals surface area (Å²) in [6, 6.07) is 14.5. The van der Waals surface area contributed by atoms with Crippen LogP contribution in [0.3, 0.4) is 0 Å². The number of hydrogen-bond acceptors (Lipinski definition) is 6. The second-order valence-electron chi connectivity index (χ2n) is 7.44. The Morgan fingerprint density at radius 2 is 1.94 bits per heavy atom. The highest BCUT2D eigenvalue weighted by Gasteiger charge is 2.31. The highest BCUT2D eigenvalue weighted by Crippen LogP contribution is 2.36. The summed E-state index contributed by atoms with van der Waals surface area (Å²) in [6.07, 6.45) is 2.74. The lowest BCUT2D eigenvalue weighted by atomic mass is 9.95. The molecular formula is C23H20N6O2. The molecule has 0 spiro atoms. The number of nitrogens with two attached hydrogens (primary N) is 1. The Bertz CT molecular complexity index is 1310. The normalized spacial score (nSPS) is 15.6. The Hall–Kier alpha value is -4.20. The molecule has 1 atom stereocenters. The van der Waals surface area contributed by atoms with Crippen molar-refractivity contribution >= 4 is 22.8 Å². The van der Waals surface area contributed by atoms with Crippen LogP contribution in [0, 0.1) is 0 Å². The average Bonchev–Trinajstić information content (AvgIpc) is 3.19. The molecule has 0 saturated heterocycles. The number of amides is 1. The fraction of sp³-hybridized carbons (Fsp3) is 0.130. The summed E-state index contributed by atoms with van der Waals surface area (Å²) in [6.45, 7) is 4.57. The van der Waals surface area contributed by atoms with Gasteiger partial charge in [0.15, 0.2) is 5.65 Å². The number of rotatable bonds is 3. The smallest absolute Gasteiger partial charge is 0.246 e. The van der Waals surface area contributed by atoms with Gasteiger partial charge in [-0.25, -0.2) is 14.6 Å². The van der Waals surface area contributed by atoms with Crippen molar-refractivity contribution in [3.63, 3.8) is 0 Å². The van der Waals surface area contributed by atoms with E-state index in [0.29, 0.717) is 35.6 Å². The first-order chi connectivity index (χ1) is 15.1. The molecule has 2 aromatic carbocycles. The van der Waals surface area contributed by atoms with Crippen LogP contribution in [0.5, 0.6) is 5.75 Å². The van der Waals surface area contributed by atoms with Crippen LogP contribution in [0.4, 0.5) is 5.82 Å². The highest BCUT2D eigenvalue weighted by atomic mass is 16.3. The lowest BCUT2D eigenvalue weighted by Crippen LogP contribution is -2.39. The molecule has 0 fully saturated rings. The van der Waals surface area contributed by atoms with E-state index < -0.39 is 0 Å². The van der Waals surface area contributed by atoms with E-state index in [0.717, 1.165) is 16.7 Å². The number of nitrogen functional groups attached to an aromatic ring is 1. The topological polar surface area (TPSA) is 110 Å². The van der Waals surface area contributed by atoms with Gasteiger partial charge in [-0.1, -0.05) is 30.8 Å². The third-order valence-corrected chi connectivity index (χ3v) is 5.61. The fourth-order valence-electron chi connectivity index (χ4n) is 4.12. The van der Waals surface area contributed by atoms with E-state index in [2.05, 4.69) is 16.5 Å². The van der Waals surface area contributed by atoms with E-state index in [9.17, 15) is 9.90 Å². The SMILES string of the molecule is C=CC(=O)N1Cc2ccccc2C(n2nc(-c3ccc(O)cc3)c3c(N)ncnc32)C1. The Morgan fingerprint density at radius 1 is 1.16 bits per heavy atom. The lowest BCUT2D eigenvalue weighted by Gasteiger charge is -2.34. The van der Waals surface area contributed by atoms with E-state index in [1.807, 2.05) is 28.9 Å². The molecule has 3 N–H and O–H groups in total. The van der Waals surface area contributed by atoms with E-state index in [1.54, 1.807) is 29.2 Å². The number of carbonyl (C=O) groups excluding carboxylic acids is 1. The molecule has 8 heteroatoms. The van der Waals surface area contributed by atoms with Crippen molar-refractivity contribution < 1.29 is 9.90 Å². The number of fused-ring (bicyclic) bond motifs is 2. The zero-order valence-electron chi connectivity index (χ0n) is 16.6. The standard InChI is InChI=1S/C23H20N6O2/c1-2-19(31)28-11-15-5-3-4-6-17(15)18(12-28)29-23-20(22(24)25-13-26-23)21(27-29)14-7-9-16(30)10-8-14/h2-10,13,18,30H,1,11-12H2,(H2,24,25,26). The van der Waals surface area contributed by atoms with Crippen molar-refractivity contribution in [2.45, 2.75) is 12.6 Å². The molecule has 0 saturated carbocycles. The summed E-state index contributed by atoms with van der Waals surface area (Å²) >= 11 is 0. The molecular weight excluding hydrogens is 392 g/mol. The molecule has 1 aliphatic rings. The summed E-state index contributed by atoms with van der Waals surface area (Å²) in [4.78, 5) is 22.8. The van der Waals surface area contributed by atoms with E-state index in [4.69, 9.17) is 10.8 Å². The van der Waals surface area contributed by atoms with Gasteiger partial charge in [0.05, 0.1) is 11.4 Å². The monoisotopic (exact) mass is 412 g/mol. The van der Waals surface area contributed by atoms with Crippen molar-refractivity contribution in [2.24, 2.45) is 0 Å². The largest absolute Gasteiger partial charge is 0.508 e. The molecule has 31 heavy (non-hydrogen) atoms. The van der Waals surface area contributed by atoms with Gasteiger partial charge in [-0.2, -0.15) is 5.10 Å². The average molecular weight is 412 g/mol. The summed E-state index contributed by atoms with van der Waals surface area (Å²) in [5.74, 6) is 0.350. The maximum atomic E-state index is 12.4. The van der Waals surface area contributed by atoms with Crippen LogP contribution < -0.4 is 5.73 Å². The van der Waals surface area contributed by atoms with Crippen molar-refractivity contribution in [2.75, 3.05) is 12.3 Å². The molecule has 154 valence electrons. The number of benzene rings is 2. The molecule has 8 nitrogen and oxygen atoms in total. The van der Waals surface area contributed by atoms with Gasteiger partial charge >= 0.3 is 0 Å². The predicted molar refractivity (Wildman–Crippen MR) is 117 cm³/mol. The Balaban J connectivity index is 1.73. The maximum Gasteiger partial charge on any atom is 0.246 e. The molecule has 0 bridgehead atoms. The molecule has 4 aromatic rings. The molecule has 1 unspecified atom stereocenters. The third kappa shape index (κ3) is 3.09. The van der Waals surface area contributed by atoms with Crippen molar-refractivity contribution in [1.82, 2.24) is 24.6 Å². The zero-order chi connectivity index (χ0) is 21.5. The van der Waals surface area contributed by atoms with Crippen LogP contribution in [-0.2, 0) is 11.3 Å². The number of phenolic OH excluding ortho intramolecular Hbond substituents is 1. The number of phenols is 1. The first kappa shape index (κ1) is 18.8. The molecule has 3 heterocycles. The number of aromatic hydroxyl groups is 1. The van der Waals surface area contributed by atoms with Gasteiger partial charge in [0.2, 0.25) is 5.91 Å². The van der Waals surface area contributed by atoms with Crippen LogP contribution in [0.2, 0.25) is 0 Å². The minimum absolute atomic E-state index is 0.135. The Kier molecular flexibility index (Phi) is 4.39. The summed E-state index contributed by atoms with van der Waals surface area (Å²) < 4.78 is 1.82. The van der Waals surface area contributed by atoms with Gasteiger partial charge < -0.3 is 15.7 Å². The second-order valence-corrected chi connectivity index (χ2v) is 7.44. The van der Waals surface area contributed by atoms with Gasteiger partial charge in [-0.3, -0.25) is 4.79 Å². The summed E-state index contributed by atoms with van der Waals surface area (Å²) in [5, 5.41) is 15.2. The van der Waals surface area contributed by atoms with Gasteiger partial charge in [0.1, 0.15) is 23.6 Å². The minimum Gasteiger partial charge on any atom is -0.508 e. The zero-order valence-corrected chi connectivity index (χ0v) is 16.6. The molecule has 1 amide bonds. The van der Waals surface area contributed by atoms with Crippen LogP contribution in [0.15, 0.2) is 67.5 Å². The number of anilines is 1. The minimum atomic E-state index is -0.253. The number of aromatic nitrogens is 4. The molecule has 2 aromatic heterocycles. The van der Waals surface area contributed by atoms with E-state index >= 15 is 0 Å². The quantitative estimate of drug-likeness (QED) is 0.501. The Labute approximate surface area is 178 Å². The van der Waals surface area contributed by atoms with Crippen LogP contribution in [0.25, 0.3) is 22.3 Å². The van der Waals surface area contributed by atoms with Crippen LogP contribution >= 0.6 is 0 Å². The van der Waals surface area contributed by atoms with Crippen molar-refractivity contribution in [3.8, 4) is 17.0 Å². The van der Waals surface area contributed by atoms with Gasteiger partial charge in [-0.05, 0) is 41.5 Å². The number of hydrogen-bond donors (Lipinski definition) is 2. The first-order valence-electron chi connectivity index (χ1n) is 9.84. The number of carbonyl (C=O) groups is 1. The van der Waals surface area contributed by atoms with Gasteiger partial charge in [-0.15, -0.1) is 0 Å². The van der Waals surface area contributed by atoms with Gasteiger partial charge in [0, 0.05) is 18.7 Å². The summed E-state index contributed by atoms with van der Waals surface area (Å²) in [5.41, 5.74) is 10.3. The van der Waals surface area contributed by atoms with Gasteiger partial charge in [0.25, 0.3) is 0 Å². The van der Waals surface area contributed by atoms with Crippen LogP contribution in [-0.4, -0.2) is 42.2 Å². The van der Waals surface area contributed by atoms with E-state index in [-0.39, 0.29) is 17.7 Å². The molecule has 5 rings (SSSR count). The highest BCUT2D eigenvalue weighted by molar-refractivity contribution is 5.98. The predicted octanol–water partition coefficient (Wildman–Crippen LogP) is 2.90. The number of nitrogens with zero attached hydrogens (tertiary/aromatic N) is 5. The van der Waals surface area contributed by atoms with Crippen LogP contribution in [0.1, 0.15) is 17.2 Å². The molecule has 1 aliphatic heterocycles. The van der Waals surface area contributed by atoms with Crippen molar-refractivity contribution in [3.05, 3.63) is 78.6 Å². The summed E-state index contributed by atoms with van der Waals surface area (Å²) in [7, 11) is 0. The molecule has 0 radical (unpaired) electrons. The maximum absolute atomic E-state index is 12.4. The van der Waals surface area contributed by atoms with Crippen molar-refractivity contribution in [1.29, 1.82) is 0 Å². The first-order valence-corrected chi connectivity index (χ1v) is 9.84. The fourth-order valence-corrected chi connectivity index (χ4v) is 4.12. The lowest BCUT2D eigenvalue weighted by molar-refractivity contribution is -0.127.